The molecule has 0 atom stereocenters. The van der Waals surface area contributed by atoms with Crippen LogP contribution in [0.4, 0.5) is 0 Å². The molecule has 0 spiro atoms. The van der Waals surface area contributed by atoms with Crippen molar-refractivity contribution in [2.24, 2.45) is 0 Å². The van der Waals surface area contributed by atoms with Crippen LogP contribution in [0.25, 0.3) is 0 Å². The molecular formula is C11H21NO. The summed E-state index contributed by atoms with van der Waals surface area (Å²) in [7, 11) is 0. The smallest absolute Gasteiger partial charge is 0.119 e. The molecule has 0 amide bonds. The number of hydrogen-bond acceptors (Lipinski definition) is 2. The second kappa shape index (κ2) is 4.64. The van der Waals surface area contributed by atoms with E-state index in [-0.39, 0.29) is 5.54 Å². The van der Waals surface area contributed by atoms with Crippen molar-refractivity contribution in [2.75, 3.05) is 6.54 Å². The van der Waals surface area contributed by atoms with Crippen LogP contribution in [-0.4, -0.2) is 22.8 Å². The molecule has 0 saturated carbocycles. The molecule has 0 bridgehead atoms. The van der Waals surface area contributed by atoms with Crippen LogP contribution in [0.1, 0.15) is 41.0 Å². The van der Waals surface area contributed by atoms with Crippen molar-refractivity contribution in [1.29, 1.82) is 0 Å². The van der Waals surface area contributed by atoms with Crippen LogP contribution in [0.15, 0.2) is 0 Å². The van der Waals surface area contributed by atoms with Crippen LogP contribution in [0.5, 0.6) is 0 Å². The molecule has 76 valence electrons. The van der Waals surface area contributed by atoms with Gasteiger partial charge in [0.15, 0.2) is 0 Å². The average molecular weight is 183 g/mol. The fraction of sp³-hybridized carbons (Fsp3) is 0.818. The average Bonchev–Trinajstić information content (AvgIpc) is 1.81. The Morgan fingerprint density at radius 3 is 2.08 bits per heavy atom. The van der Waals surface area contributed by atoms with Gasteiger partial charge in [-0.15, -0.1) is 0 Å². The van der Waals surface area contributed by atoms with Crippen molar-refractivity contribution in [3.63, 3.8) is 0 Å². The van der Waals surface area contributed by atoms with E-state index >= 15 is 0 Å². The van der Waals surface area contributed by atoms with E-state index in [4.69, 9.17) is 0 Å². The topological polar surface area (TPSA) is 32.3 Å². The summed E-state index contributed by atoms with van der Waals surface area (Å²) in [5.74, 6) is 5.71. The molecule has 0 aliphatic heterocycles. The normalized spacial score (nSPS) is 12.2. The summed E-state index contributed by atoms with van der Waals surface area (Å²) in [4.78, 5) is 0. The molecule has 2 nitrogen and oxygen atoms in total. The van der Waals surface area contributed by atoms with Gasteiger partial charge in [0.1, 0.15) is 5.60 Å². The molecule has 0 aromatic rings. The minimum atomic E-state index is -0.859. The first-order valence-corrected chi connectivity index (χ1v) is 4.68. The lowest BCUT2D eigenvalue weighted by atomic mass is 10.1. The van der Waals surface area contributed by atoms with Gasteiger partial charge in [-0.1, -0.05) is 11.8 Å². The fourth-order valence-corrected chi connectivity index (χ4v) is 0.779. The van der Waals surface area contributed by atoms with Gasteiger partial charge in [-0.2, -0.15) is 0 Å². The van der Waals surface area contributed by atoms with E-state index in [1.807, 2.05) is 0 Å². The van der Waals surface area contributed by atoms with Crippen molar-refractivity contribution in [3.05, 3.63) is 0 Å². The van der Waals surface area contributed by atoms with E-state index in [1.165, 1.54) is 0 Å². The third-order valence-corrected chi connectivity index (χ3v) is 1.30. The summed E-state index contributed by atoms with van der Waals surface area (Å²) in [5.41, 5.74) is -0.710. The predicted molar refractivity (Wildman–Crippen MR) is 56.4 cm³/mol. The van der Waals surface area contributed by atoms with Gasteiger partial charge in [0, 0.05) is 18.5 Å². The van der Waals surface area contributed by atoms with Gasteiger partial charge >= 0.3 is 0 Å². The number of rotatable bonds is 2. The van der Waals surface area contributed by atoms with E-state index in [2.05, 4.69) is 37.9 Å². The van der Waals surface area contributed by atoms with E-state index in [9.17, 15) is 5.11 Å². The van der Waals surface area contributed by atoms with Crippen LogP contribution in [0.3, 0.4) is 0 Å². The Labute approximate surface area is 81.7 Å². The minimum Gasteiger partial charge on any atom is -0.378 e. The highest BCUT2D eigenvalue weighted by Gasteiger charge is 2.07. The Bertz CT molecular complexity index is 197. The quantitative estimate of drug-likeness (QED) is 0.503. The molecule has 0 aliphatic carbocycles. The molecule has 0 fully saturated rings. The molecule has 13 heavy (non-hydrogen) atoms. The Kier molecular flexibility index (Phi) is 4.46. The third-order valence-electron chi connectivity index (χ3n) is 1.30. The largest absolute Gasteiger partial charge is 0.378 e. The predicted octanol–water partition coefficient (Wildman–Crippen LogP) is 1.54. The maximum atomic E-state index is 9.28. The highest BCUT2D eigenvalue weighted by atomic mass is 16.3. The van der Waals surface area contributed by atoms with Gasteiger partial charge in [-0.05, 0) is 34.6 Å². The summed E-state index contributed by atoms with van der Waals surface area (Å²) in [6.45, 7) is 10.6. The molecule has 0 aliphatic rings. The molecule has 0 rings (SSSR count). The monoisotopic (exact) mass is 183 g/mol. The van der Waals surface area contributed by atoms with Gasteiger partial charge in [0.25, 0.3) is 0 Å². The number of hydrogen-bond donors (Lipinski definition) is 2. The van der Waals surface area contributed by atoms with E-state index in [0.717, 1.165) is 13.0 Å². The van der Waals surface area contributed by atoms with Crippen molar-refractivity contribution in [2.45, 2.75) is 52.2 Å². The molecule has 0 radical (unpaired) electrons. The first-order valence-electron chi connectivity index (χ1n) is 4.68. The zero-order valence-electron chi connectivity index (χ0n) is 9.36. The summed E-state index contributed by atoms with van der Waals surface area (Å²) < 4.78 is 0. The molecule has 0 heterocycles. The zero-order valence-corrected chi connectivity index (χ0v) is 9.36. The second-order valence-electron chi connectivity index (χ2n) is 4.79. The number of nitrogens with one attached hydrogen (secondary N) is 1. The zero-order chi connectivity index (χ0) is 10.5. The van der Waals surface area contributed by atoms with Crippen molar-refractivity contribution >= 4 is 0 Å². The summed E-state index contributed by atoms with van der Waals surface area (Å²) >= 11 is 0. The Hall–Kier alpha value is -0.520. The number of aliphatic hydroxyl groups is 1. The van der Waals surface area contributed by atoms with Crippen molar-refractivity contribution in [1.82, 2.24) is 5.32 Å². The van der Waals surface area contributed by atoms with Gasteiger partial charge < -0.3 is 10.4 Å². The van der Waals surface area contributed by atoms with E-state index in [1.54, 1.807) is 13.8 Å². The lowest BCUT2D eigenvalue weighted by molar-refractivity contribution is 0.143. The highest BCUT2D eigenvalue weighted by Crippen LogP contribution is 1.98. The summed E-state index contributed by atoms with van der Waals surface area (Å²) in [6.07, 6.45) is 0.779. The molecule has 2 N–H and O–H groups in total. The van der Waals surface area contributed by atoms with Crippen LogP contribution in [0.2, 0.25) is 0 Å². The van der Waals surface area contributed by atoms with Crippen LogP contribution >= 0.6 is 0 Å². The second-order valence-corrected chi connectivity index (χ2v) is 4.79. The first kappa shape index (κ1) is 12.5. The van der Waals surface area contributed by atoms with Crippen molar-refractivity contribution < 1.29 is 5.11 Å². The van der Waals surface area contributed by atoms with Gasteiger partial charge in [0.05, 0.1) is 0 Å². The first-order chi connectivity index (χ1) is 5.71. The lowest BCUT2D eigenvalue weighted by Crippen LogP contribution is -2.36. The summed E-state index contributed by atoms with van der Waals surface area (Å²) in [6, 6.07) is 0. The highest BCUT2D eigenvalue weighted by molar-refractivity contribution is 5.10. The van der Waals surface area contributed by atoms with Gasteiger partial charge in [0.2, 0.25) is 0 Å². The van der Waals surface area contributed by atoms with E-state index in [0.29, 0.717) is 0 Å². The fourth-order valence-electron chi connectivity index (χ4n) is 0.779. The maximum absolute atomic E-state index is 9.28. The minimum absolute atomic E-state index is 0.149. The van der Waals surface area contributed by atoms with Crippen LogP contribution < -0.4 is 5.32 Å². The molecule has 0 aromatic heterocycles. The lowest BCUT2D eigenvalue weighted by Gasteiger charge is -2.19. The molecule has 0 aromatic carbocycles. The molecule has 0 unspecified atom stereocenters. The Morgan fingerprint density at radius 2 is 1.69 bits per heavy atom. The SMILES string of the molecule is CC(C)(O)C#CCCNC(C)(C)C. The van der Waals surface area contributed by atoms with Gasteiger partial charge in [-0.25, -0.2) is 0 Å². The van der Waals surface area contributed by atoms with Gasteiger partial charge in [-0.3, -0.25) is 0 Å². The third kappa shape index (κ3) is 11.5. The Morgan fingerprint density at radius 1 is 1.15 bits per heavy atom. The Balaban J connectivity index is 3.62. The van der Waals surface area contributed by atoms with Crippen LogP contribution in [-0.2, 0) is 0 Å². The van der Waals surface area contributed by atoms with Crippen LogP contribution in [0, 0.1) is 11.8 Å². The molecule has 2 heteroatoms. The van der Waals surface area contributed by atoms with Crippen molar-refractivity contribution in [3.8, 4) is 11.8 Å². The standard InChI is InChI=1S/C11H21NO/c1-10(2,3)12-9-7-6-8-11(4,5)13/h12-13H,7,9H2,1-5H3. The van der Waals surface area contributed by atoms with E-state index < -0.39 is 5.60 Å². The molecule has 0 saturated heterocycles. The summed E-state index contributed by atoms with van der Waals surface area (Å²) in [5, 5.41) is 12.6. The maximum Gasteiger partial charge on any atom is 0.119 e. The molecular weight excluding hydrogens is 162 g/mol.